The minimum atomic E-state index is -4.46. The molecule has 0 radical (unpaired) electrons. The van der Waals surface area contributed by atoms with E-state index in [1.54, 1.807) is 36.0 Å². The molecule has 4 aromatic rings. The largest absolute Gasteiger partial charge is 0.471 e. The molecule has 0 bridgehead atoms. The van der Waals surface area contributed by atoms with E-state index in [0.717, 1.165) is 35.4 Å². The molecule has 10 nitrogen and oxygen atoms in total. The van der Waals surface area contributed by atoms with Crippen molar-refractivity contribution in [3.63, 3.8) is 0 Å². The number of nitrogens with zero attached hydrogens (tertiary/aromatic N) is 9. The van der Waals surface area contributed by atoms with Gasteiger partial charge in [-0.3, -0.25) is 9.67 Å². The lowest BCUT2D eigenvalue weighted by atomic mass is 10.1. The highest BCUT2D eigenvalue weighted by molar-refractivity contribution is 6.11. The van der Waals surface area contributed by atoms with E-state index in [1.807, 2.05) is 31.2 Å². The van der Waals surface area contributed by atoms with Crippen LogP contribution in [0.25, 0.3) is 0 Å². The first-order valence-electron chi connectivity index (χ1n) is 11.2. The molecule has 0 amide bonds. The second kappa shape index (κ2) is 11.1. The molecule has 0 saturated heterocycles. The fourth-order valence-corrected chi connectivity index (χ4v) is 3.52. The molecule has 0 aliphatic heterocycles. The number of alkyl halides is 3. The van der Waals surface area contributed by atoms with Crippen LogP contribution >= 0.6 is 0 Å². The summed E-state index contributed by atoms with van der Waals surface area (Å²) < 4.78 is 47.2. The number of hydrogen-bond acceptors (Lipinski definition) is 7. The SMILES string of the molecule is C/N=C(\N=C(/C)c1cnn(C)c1COc1ccc(C(F)(F)F)cn1)c1ccc(CCn2cnnn2)cc1. The summed E-state index contributed by atoms with van der Waals surface area (Å²) in [6, 6.07) is 10.1. The van der Waals surface area contributed by atoms with Crippen LogP contribution in [0.15, 0.2) is 65.1 Å². The van der Waals surface area contributed by atoms with Gasteiger partial charge in [-0.1, -0.05) is 24.3 Å². The summed E-state index contributed by atoms with van der Waals surface area (Å²) in [4.78, 5) is 12.8. The third kappa shape index (κ3) is 6.42. The van der Waals surface area contributed by atoms with Crippen LogP contribution in [0.2, 0.25) is 0 Å². The smallest absolute Gasteiger partial charge is 0.417 e. The van der Waals surface area contributed by atoms with Crippen LogP contribution in [0.3, 0.4) is 0 Å². The van der Waals surface area contributed by atoms with Crippen molar-refractivity contribution in [3.05, 3.63) is 83.1 Å². The first-order valence-corrected chi connectivity index (χ1v) is 11.2. The molecule has 0 aliphatic carbocycles. The lowest BCUT2D eigenvalue weighted by Gasteiger charge is -2.10. The molecule has 3 aromatic heterocycles. The molecule has 0 spiro atoms. The van der Waals surface area contributed by atoms with Gasteiger partial charge in [0.05, 0.1) is 23.2 Å². The second-order valence-electron chi connectivity index (χ2n) is 8.06. The van der Waals surface area contributed by atoms with Crippen molar-refractivity contribution in [1.82, 2.24) is 35.0 Å². The Bertz CT molecular complexity index is 1370. The van der Waals surface area contributed by atoms with E-state index < -0.39 is 11.7 Å². The van der Waals surface area contributed by atoms with Gasteiger partial charge >= 0.3 is 6.18 Å². The van der Waals surface area contributed by atoms with Gasteiger partial charge in [-0.2, -0.15) is 18.3 Å². The number of tetrazole rings is 1. The Kier molecular flexibility index (Phi) is 7.70. The van der Waals surface area contributed by atoms with E-state index in [-0.39, 0.29) is 12.5 Å². The van der Waals surface area contributed by atoms with Gasteiger partial charge < -0.3 is 4.74 Å². The number of benzene rings is 1. The molecule has 3 heterocycles. The number of hydrogen-bond donors (Lipinski definition) is 0. The molecule has 0 atom stereocenters. The zero-order valence-corrected chi connectivity index (χ0v) is 20.4. The zero-order valence-electron chi connectivity index (χ0n) is 20.4. The first kappa shape index (κ1) is 25.7. The highest BCUT2D eigenvalue weighted by Crippen LogP contribution is 2.29. The predicted molar refractivity (Wildman–Crippen MR) is 129 cm³/mol. The number of amidine groups is 1. The molecule has 4 rings (SSSR count). The second-order valence-corrected chi connectivity index (χ2v) is 8.06. The number of pyridine rings is 1. The monoisotopic (exact) mass is 511 g/mol. The minimum Gasteiger partial charge on any atom is -0.471 e. The molecule has 0 unspecified atom stereocenters. The van der Waals surface area contributed by atoms with E-state index in [2.05, 4.69) is 30.6 Å². The van der Waals surface area contributed by atoms with Crippen LogP contribution in [0, 0.1) is 0 Å². The molecular formula is C24H24F3N9O. The van der Waals surface area contributed by atoms with Crippen LogP contribution in [-0.2, 0) is 32.8 Å². The van der Waals surface area contributed by atoms with Crippen molar-refractivity contribution in [2.24, 2.45) is 17.0 Å². The van der Waals surface area contributed by atoms with Crippen molar-refractivity contribution in [1.29, 1.82) is 0 Å². The number of halogens is 3. The average molecular weight is 512 g/mol. The van der Waals surface area contributed by atoms with Gasteiger partial charge in [0.15, 0.2) is 5.84 Å². The predicted octanol–water partition coefficient (Wildman–Crippen LogP) is 3.53. The Morgan fingerprint density at radius 3 is 2.49 bits per heavy atom. The van der Waals surface area contributed by atoms with Gasteiger partial charge in [0.2, 0.25) is 5.88 Å². The Morgan fingerprint density at radius 1 is 1.08 bits per heavy atom. The summed E-state index contributed by atoms with van der Waals surface area (Å²) >= 11 is 0. The van der Waals surface area contributed by atoms with Crippen molar-refractivity contribution in [2.75, 3.05) is 7.05 Å². The zero-order chi connectivity index (χ0) is 26.4. The quantitative estimate of drug-likeness (QED) is 0.265. The molecular weight excluding hydrogens is 487 g/mol. The molecule has 13 heteroatoms. The van der Waals surface area contributed by atoms with Gasteiger partial charge in [0, 0.05) is 44.0 Å². The van der Waals surface area contributed by atoms with Gasteiger partial charge in [0.1, 0.15) is 12.9 Å². The van der Waals surface area contributed by atoms with Gasteiger partial charge in [-0.25, -0.2) is 14.7 Å². The highest BCUT2D eigenvalue weighted by Gasteiger charge is 2.30. The summed E-state index contributed by atoms with van der Waals surface area (Å²) in [5.74, 6) is 0.621. The first-order chi connectivity index (χ1) is 17.7. The molecule has 192 valence electrons. The number of aliphatic imine (C=N–C) groups is 2. The lowest BCUT2D eigenvalue weighted by Crippen LogP contribution is -2.10. The van der Waals surface area contributed by atoms with Crippen LogP contribution in [0.5, 0.6) is 5.88 Å². The Balaban J connectivity index is 1.45. The summed E-state index contributed by atoms with van der Waals surface area (Å²) in [6.45, 7) is 2.56. The third-order valence-electron chi connectivity index (χ3n) is 5.59. The Hall–Kier alpha value is -4.42. The Morgan fingerprint density at radius 2 is 1.86 bits per heavy atom. The van der Waals surface area contributed by atoms with Crippen LogP contribution < -0.4 is 4.74 Å². The molecule has 37 heavy (non-hydrogen) atoms. The van der Waals surface area contributed by atoms with Crippen LogP contribution in [0.1, 0.15) is 34.9 Å². The highest BCUT2D eigenvalue weighted by atomic mass is 19.4. The summed E-state index contributed by atoms with van der Waals surface area (Å²) in [5, 5.41) is 15.4. The lowest BCUT2D eigenvalue weighted by molar-refractivity contribution is -0.137. The maximum Gasteiger partial charge on any atom is 0.417 e. The molecule has 0 fully saturated rings. The minimum absolute atomic E-state index is 0.0473. The maximum absolute atomic E-state index is 12.8. The summed E-state index contributed by atoms with van der Waals surface area (Å²) in [7, 11) is 3.42. The molecule has 0 N–H and O–H groups in total. The topological polar surface area (TPSA) is 108 Å². The van der Waals surface area contributed by atoms with E-state index in [0.29, 0.717) is 23.8 Å². The standard InChI is InChI=1S/C24H24F3N9O/c1-16(32-23(28-2)18-6-4-17(5-7-18)10-11-36-15-30-33-34-36)20-13-31-35(3)21(20)14-37-22-9-8-19(12-29-22)24(25,26)27/h4-9,12-13,15H,10-11,14H2,1-3H3/b28-23-,32-16+. The number of rotatable bonds is 8. The van der Waals surface area contributed by atoms with Crippen molar-refractivity contribution in [2.45, 2.75) is 32.7 Å². The average Bonchev–Trinajstić information content (AvgIpc) is 3.54. The number of aryl methyl sites for hydroxylation is 3. The number of aromatic nitrogens is 7. The van der Waals surface area contributed by atoms with Gasteiger partial charge in [-0.05, 0) is 35.4 Å². The van der Waals surface area contributed by atoms with Crippen LogP contribution in [-0.4, -0.2) is 53.6 Å². The van der Waals surface area contributed by atoms with Gasteiger partial charge in [0.25, 0.3) is 0 Å². The summed E-state index contributed by atoms with van der Waals surface area (Å²) in [6.07, 6.45) is 0.299. The number of ether oxygens (including phenoxy) is 1. The fourth-order valence-electron chi connectivity index (χ4n) is 3.52. The molecule has 0 saturated carbocycles. The van der Waals surface area contributed by atoms with E-state index >= 15 is 0 Å². The normalized spacial score (nSPS) is 12.7. The Labute approximate surface area is 210 Å². The van der Waals surface area contributed by atoms with Crippen LogP contribution in [0.4, 0.5) is 13.2 Å². The van der Waals surface area contributed by atoms with Crippen molar-refractivity contribution in [3.8, 4) is 5.88 Å². The van der Waals surface area contributed by atoms with E-state index in [9.17, 15) is 13.2 Å². The third-order valence-corrected chi connectivity index (χ3v) is 5.59. The summed E-state index contributed by atoms with van der Waals surface area (Å²) in [5.41, 5.74) is 3.22. The fraction of sp³-hybridized carbons (Fsp3) is 0.292. The van der Waals surface area contributed by atoms with Crippen molar-refractivity contribution >= 4 is 11.5 Å². The molecule has 1 aromatic carbocycles. The molecule has 0 aliphatic rings. The van der Waals surface area contributed by atoms with E-state index in [4.69, 9.17) is 9.73 Å². The maximum atomic E-state index is 12.8. The van der Waals surface area contributed by atoms with E-state index in [1.165, 1.54) is 6.07 Å². The van der Waals surface area contributed by atoms with Crippen molar-refractivity contribution < 1.29 is 17.9 Å². The van der Waals surface area contributed by atoms with Gasteiger partial charge in [-0.15, -0.1) is 5.10 Å².